The summed E-state index contributed by atoms with van der Waals surface area (Å²) in [7, 11) is 0. The number of halogens is 1. The van der Waals surface area contributed by atoms with Crippen molar-refractivity contribution < 1.29 is 14.7 Å². The monoisotopic (exact) mass is 401 g/mol. The Balaban J connectivity index is 1.73. The fourth-order valence-corrected chi connectivity index (χ4v) is 3.05. The number of amides is 1. The van der Waals surface area contributed by atoms with Crippen LogP contribution in [0.2, 0.25) is 5.02 Å². The number of rotatable bonds is 7. The summed E-state index contributed by atoms with van der Waals surface area (Å²) in [6, 6.07) is 7.54. The zero-order chi connectivity index (χ0) is 20.3. The number of anilines is 1. The standard InChI is InChI=1S/C19H20ClN5O3/c1-12-18(13(2)25(23-12)10-14-4-3-5-16(20)8-14)22-19(28)15-9-21-24(11-15)7-6-17(26)27/h3-5,8-9,11H,6-7,10H2,1-2H3,(H,22,28)(H,26,27). The third-order valence-corrected chi connectivity index (χ3v) is 4.53. The molecule has 0 saturated carbocycles. The summed E-state index contributed by atoms with van der Waals surface area (Å²) in [5.41, 5.74) is 3.53. The first-order valence-corrected chi connectivity index (χ1v) is 9.05. The average molecular weight is 402 g/mol. The lowest BCUT2D eigenvalue weighted by Gasteiger charge is -2.07. The minimum atomic E-state index is -0.917. The van der Waals surface area contributed by atoms with Gasteiger partial charge in [-0.25, -0.2) is 0 Å². The van der Waals surface area contributed by atoms with E-state index in [2.05, 4.69) is 15.5 Å². The summed E-state index contributed by atoms with van der Waals surface area (Å²) in [4.78, 5) is 23.2. The highest BCUT2D eigenvalue weighted by molar-refractivity contribution is 6.30. The predicted molar refractivity (Wildman–Crippen MR) is 105 cm³/mol. The Labute approximate surface area is 166 Å². The molecule has 0 atom stereocenters. The molecule has 3 rings (SSSR count). The van der Waals surface area contributed by atoms with E-state index < -0.39 is 5.97 Å². The van der Waals surface area contributed by atoms with Crippen LogP contribution in [-0.4, -0.2) is 36.5 Å². The molecule has 2 N–H and O–H groups in total. The Kier molecular flexibility index (Phi) is 5.79. The highest BCUT2D eigenvalue weighted by Gasteiger charge is 2.17. The zero-order valence-electron chi connectivity index (χ0n) is 15.5. The molecule has 3 aromatic rings. The van der Waals surface area contributed by atoms with Crippen LogP contribution in [0.25, 0.3) is 0 Å². The maximum atomic E-state index is 12.5. The lowest BCUT2D eigenvalue weighted by Crippen LogP contribution is -2.13. The summed E-state index contributed by atoms with van der Waals surface area (Å²) >= 11 is 6.04. The van der Waals surface area contributed by atoms with Gasteiger partial charge in [-0.2, -0.15) is 10.2 Å². The zero-order valence-corrected chi connectivity index (χ0v) is 16.3. The van der Waals surface area contributed by atoms with Gasteiger partial charge in [0.1, 0.15) is 0 Å². The molecular formula is C19H20ClN5O3. The summed E-state index contributed by atoms with van der Waals surface area (Å²) in [6.45, 7) is 4.46. The minimum Gasteiger partial charge on any atom is -0.481 e. The Hall–Kier alpha value is -3.13. The third kappa shape index (κ3) is 4.58. The first-order chi connectivity index (χ1) is 13.3. The van der Waals surface area contributed by atoms with Gasteiger partial charge >= 0.3 is 5.97 Å². The molecule has 28 heavy (non-hydrogen) atoms. The number of carboxylic acids is 1. The summed E-state index contributed by atoms with van der Waals surface area (Å²) in [5.74, 6) is -1.24. The van der Waals surface area contributed by atoms with E-state index in [1.807, 2.05) is 42.8 Å². The van der Waals surface area contributed by atoms with Crippen LogP contribution in [0.15, 0.2) is 36.7 Å². The van der Waals surface area contributed by atoms with Crippen molar-refractivity contribution in [3.8, 4) is 0 Å². The van der Waals surface area contributed by atoms with Crippen LogP contribution >= 0.6 is 11.6 Å². The predicted octanol–water partition coefficient (Wildman–Crippen LogP) is 3.13. The second-order valence-electron chi connectivity index (χ2n) is 6.42. The molecule has 0 fully saturated rings. The number of nitrogens with one attached hydrogen (secondary N) is 1. The van der Waals surface area contributed by atoms with Gasteiger partial charge < -0.3 is 10.4 Å². The Morgan fingerprint density at radius 3 is 2.79 bits per heavy atom. The summed E-state index contributed by atoms with van der Waals surface area (Å²) < 4.78 is 3.25. The van der Waals surface area contributed by atoms with Crippen LogP contribution in [-0.2, 0) is 17.9 Å². The molecule has 0 radical (unpaired) electrons. The molecule has 9 heteroatoms. The van der Waals surface area contributed by atoms with E-state index in [1.165, 1.54) is 17.1 Å². The van der Waals surface area contributed by atoms with Crippen LogP contribution < -0.4 is 5.32 Å². The fourth-order valence-electron chi connectivity index (χ4n) is 2.84. The van der Waals surface area contributed by atoms with Gasteiger partial charge in [-0.05, 0) is 31.5 Å². The van der Waals surface area contributed by atoms with Crippen molar-refractivity contribution in [1.29, 1.82) is 0 Å². The van der Waals surface area contributed by atoms with Crippen molar-refractivity contribution in [2.24, 2.45) is 0 Å². The van der Waals surface area contributed by atoms with Crippen molar-refractivity contribution in [2.45, 2.75) is 33.4 Å². The molecule has 0 aliphatic rings. The second kappa shape index (κ2) is 8.26. The van der Waals surface area contributed by atoms with Gasteiger partial charge in [0.2, 0.25) is 0 Å². The SMILES string of the molecule is Cc1nn(Cc2cccc(Cl)c2)c(C)c1NC(=O)c1cnn(CCC(=O)O)c1. The Morgan fingerprint density at radius 1 is 1.29 bits per heavy atom. The number of carboxylic acid groups (broad SMARTS) is 1. The Bertz CT molecular complexity index is 1020. The smallest absolute Gasteiger partial charge is 0.305 e. The number of carbonyl (C=O) groups is 2. The van der Waals surface area contributed by atoms with Crippen molar-refractivity contribution in [3.05, 3.63) is 64.2 Å². The molecular weight excluding hydrogens is 382 g/mol. The fraction of sp³-hybridized carbons (Fsp3) is 0.263. The van der Waals surface area contributed by atoms with Crippen LogP contribution in [0.5, 0.6) is 0 Å². The average Bonchev–Trinajstić information content (AvgIpc) is 3.21. The van der Waals surface area contributed by atoms with E-state index in [9.17, 15) is 9.59 Å². The Morgan fingerprint density at radius 2 is 2.07 bits per heavy atom. The number of aryl methyl sites for hydroxylation is 2. The number of nitrogens with zero attached hydrogens (tertiary/aromatic N) is 4. The quantitative estimate of drug-likeness (QED) is 0.633. The number of hydrogen-bond acceptors (Lipinski definition) is 4. The first kappa shape index (κ1) is 19.6. The van der Waals surface area contributed by atoms with Gasteiger partial charge in [-0.15, -0.1) is 0 Å². The summed E-state index contributed by atoms with van der Waals surface area (Å²) in [5, 5.41) is 20.8. The first-order valence-electron chi connectivity index (χ1n) is 8.67. The summed E-state index contributed by atoms with van der Waals surface area (Å²) in [6.07, 6.45) is 2.88. The van der Waals surface area contributed by atoms with Crippen LogP contribution in [0.1, 0.15) is 33.7 Å². The van der Waals surface area contributed by atoms with E-state index in [1.54, 1.807) is 0 Å². The number of aliphatic carboxylic acids is 1. The lowest BCUT2D eigenvalue weighted by molar-refractivity contribution is -0.137. The minimum absolute atomic E-state index is 0.0583. The second-order valence-corrected chi connectivity index (χ2v) is 6.86. The van der Waals surface area contributed by atoms with Gasteiger partial charge in [-0.3, -0.25) is 19.0 Å². The van der Waals surface area contributed by atoms with E-state index in [4.69, 9.17) is 16.7 Å². The van der Waals surface area contributed by atoms with Gasteiger partial charge in [-0.1, -0.05) is 23.7 Å². The highest BCUT2D eigenvalue weighted by atomic mass is 35.5. The topological polar surface area (TPSA) is 102 Å². The molecule has 0 bridgehead atoms. The largest absolute Gasteiger partial charge is 0.481 e. The number of hydrogen-bond donors (Lipinski definition) is 2. The van der Waals surface area contributed by atoms with Crippen molar-refractivity contribution in [2.75, 3.05) is 5.32 Å². The maximum absolute atomic E-state index is 12.5. The van der Waals surface area contributed by atoms with E-state index in [0.717, 1.165) is 11.3 Å². The molecule has 2 heterocycles. The van der Waals surface area contributed by atoms with Gasteiger partial charge in [0, 0.05) is 11.2 Å². The molecule has 0 aliphatic heterocycles. The van der Waals surface area contributed by atoms with E-state index >= 15 is 0 Å². The number of benzene rings is 1. The van der Waals surface area contributed by atoms with Gasteiger partial charge in [0.25, 0.3) is 5.91 Å². The van der Waals surface area contributed by atoms with E-state index in [0.29, 0.717) is 28.5 Å². The highest BCUT2D eigenvalue weighted by Crippen LogP contribution is 2.22. The van der Waals surface area contributed by atoms with Crippen LogP contribution in [0.4, 0.5) is 5.69 Å². The van der Waals surface area contributed by atoms with Gasteiger partial charge in [0.05, 0.1) is 48.3 Å². The maximum Gasteiger partial charge on any atom is 0.305 e. The number of aromatic nitrogens is 4. The molecule has 1 aromatic carbocycles. The molecule has 0 saturated heterocycles. The van der Waals surface area contributed by atoms with Crippen LogP contribution in [0, 0.1) is 13.8 Å². The molecule has 2 aromatic heterocycles. The normalized spacial score (nSPS) is 10.8. The van der Waals surface area contributed by atoms with Crippen molar-refractivity contribution >= 4 is 29.2 Å². The molecule has 146 valence electrons. The molecule has 0 unspecified atom stereocenters. The van der Waals surface area contributed by atoms with Gasteiger partial charge in [0.15, 0.2) is 0 Å². The molecule has 8 nitrogen and oxygen atoms in total. The number of carbonyl (C=O) groups excluding carboxylic acids is 1. The molecule has 0 spiro atoms. The van der Waals surface area contributed by atoms with Crippen molar-refractivity contribution in [3.63, 3.8) is 0 Å². The lowest BCUT2D eigenvalue weighted by atomic mass is 10.2. The van der Waals surface area contributed by atoms with Crippen LogP contribution in [0.3, 0.4) is 0 Å². The molecule has 1 amide bonds. The van der Waals surface area contributed by atoms with E-state index in [-0.39, 0.29) is 18.9 Å². The third-order valence-electron chi connectivity index (χ3n) is 4.29. The molecule has 0 aliphatic carbocycles. The van der Waals surface area contributed by atoms with Crippen molar-refractivity contribution in [1.82, 2.24) is 19.6 Å².